The fourth-order valence-corrected chi connectivity index (χ4v) is 3.28. The van der Waals surface area contributed by atoms with Gasteiger partial charge in [0.25, 0.3) is 11.8 Å². The van der Waals surface area contributed by atoms with Gasteiger partial charge in [-0.2, -0.15) is 0 Å². The molecule has 9 nitrogen and oxygen atoms in total. The number of para-hydroxylation sites is 1. The van der Waals surface area contributed by atoms with E-state index in [1.54, 1.807) is 6.07 Å². The van der Waals surface area contributed by atoms with E-state index in [0.717, 1.165) is 12.5 Å². The Kier molecular flexibility index (Phi) is 5.86. The molecule has 144 valence electrons. The number of carbonyl (C=O) groups is 2. The number of nitrogens with one attached hydrogen (secondary N) is 3. The molecule has 0 saturated carbocycles. The molecular weight excluding hydrogens is 394 g/mol. The monoisotopic (exact) mass is 411 g/mol. The maximum absolute atomic E-state index is 12.2. The Morgan fingerprint density at radius 3 is 1.89 bits per heavy atom. The molecule has 0 atom stereocenters. The number of carbonyl (C=O) groups excluding carboxylic acids is 2. The molecule has 11 heteroatoms. The van der Waals surface area contributed by atoms with Gasteiger partial charge in [-0.05, 0) is 36.4 Å². The summed E-state index contributed by atoms with van der Waals surface area (Å²) in [7, 11) is -6.97. The number of anilines is 1. The number of hydrogen-bond acceptors (Lipinski definition) is 6. The van der Waals surface area contributed by atoms with Gasteiger partial charge in [0.15, 0.2) is 9.84 Å². The van der Waals surface area contributed by atoms with Gasteiger partial charge in [-0.15, -0.1) is 0 Å². The van der Waals surface area contributed by atoms with Crippen LogP contribution in [0.15, 0.2) is 53.4 Å². The van der Waals surface area contributed by atoms with Gasteiger partial charge in [0.2, 0.25) is 10.0 Å². The molecule has 0 saturated heterocycles. The Labute approximate surface area is 156 Å². The maximum atomic E-state index is 12.2. The third kappa shape index (κ3) is 5.79. The fourth-order valence-electron chi connectivity index (χ4n) is 2.08. The minimum atomic E-state index is -3.59. The molecule has 0 aromatic heterocycles. The molecule has 0 spiro atoms. The summed E-state index contributed by atoms with van der Waals surface area (Å²) >= 11 is 0. The first-order chi connectivity index (χ1) is 12.5. The van der Waals surface area contributed by atoms with Crippen LogP contribution in [0, 0.1) is 0 Å². The Morgan fingerprint density at radius 2 is 1.33 bits per heavy atom. The Bertz CT molecular complexity index is 1080. The highest BCUT2D eigenvalue weighted by Gasteiger charge is 2.15. The van der Waals surface area contributed by atoms with Gasteiger partial charge in [0.05, 0.1) is 22.4 Å². The van der Waals surface area contributed by atoms with Gasteiger partial charge in [-0.1, -0.05) is 12.1 Å². The summed E-state index contributed by atoms with van der Waals surface area (Å²) in [5.74, 6) is -1.40. The van der Waals surface area contributed by atoms with Crippen molar-refractivity contribution in [1.29, 1.82) is 0 Å². The Balaban J connectivity index is 2.09. The molecule has 27 heavy (non-hydrogen) atoms. The normalized spacial score (nSPS) is 11.5. The third-order valence-corrected chi connectivity index (χ3v) is 5.02. The van der Waals surface area contributed by atoms with Crippen molar-refractivity contribution in [3.63, 3.8) is 0 Å². The summed E-state index contributed by atoms with van der Waals surface area (Å²) in [6, 6.07) is 11.0. The van der Waals surface area contributed by atoms with E-state index < -0.39 is 31.7 Å². The van der Waals surface area contributed by atoms with Crippen LogP contribution in [-0.4, -0.2) is 41.2 Å². The molecule has 0 fully saturated rings. The zero-order chi connectivity index (χ0) is 20.2. The first kappa shape index (κ1) is 20.4. The average Bonchev–Trinajstić information content (AvgIpc) is 2.58. The second-order valence-corrected chi connectivity index (χ2v) is 9.39. The SMILES string of the molecule is CS(=O)(=O)Nc1ccccc1C(=O)NNC(=O)c1ccc(S(C)(=O)=O)cc1. The molecule has 0 aliphatic carbocycles. The molecule has 0 radical (unpaired) electrons. The highest BCUT2D eigenvalue weighted by atomic mass is 32.2. The van der Waals surface area contributed by atoms with Gasteiger partial charge in [0.1, 0.15) is 0 Å². The topological polar surface area (TPSA) is 139 Å². The lowest BCUT2D eigenvalue weighted by Gasteiger charge is -2.12. The first-order valence-electron chi connectivity index (χ1n) is 7.45. The molecule has 2 aromatic carbocycles. The number of rotatable bonds is 5. The van der Waals surface area contributed by atoms with E-state index in [-0.39, 0.29) is 21.7 Å². The van der Waals surface area contributed by atoms with Crippen LogP contribution in [-0.2, 0) is 19.9 Å². The van der Waals surface area contributed by atoms with Gasteiger partial charge >= 0.3 is 0 Å². The van der Waals surface area contributed by atoms with E-state index in [4.69, 9.17) is 0 Å². The van der Waals surface area contributed by atoms with Crippen LogP contribution in [0.25, 0.3) is 0 Å². The number of benzene rings is 2. The molecule has 2 amide bonds. The molecule has 2 aromatic rings. The molecule has 0 aliphatic rings. The molecule has 0 unspecified atom stereocenters. The minimum Gasteiger partial charge on any atom is -0.283 e. The summed E-state index contributed by atoms with van der Waals surface area (Å²) in [5.41, 5.74) is 4.56. The largest absolute Gasteiger partial charge is 0.283 e. The van der Waals surface area contributed by atoms with E-state index >= 15 is 0 Å². The lowest BCUT2D eigenvalue weighted by molar-refractivity contribution is 0.0847. The highest BCUT2D eigenvalue weighted by molar-refractivity contribution is 7.92. The molecule has 0 aliphatic heterocycles. The number of hydrogen-bond donors (Lipinski definition) is 3. The van der Waals surface area contributed by atoms with E-state index in [0.29, 0.717) is 0 Å². The predicted octanol–water partition coefficient (Wildman–Crippen LogP) is 0.536. The van der Waals surface area contributed by atoms with Crippen LogP contribution in [0.2, 0.25) is 0 Å². The second kappa shape index (κ2) is 7.76. The number of hydrazine groups is 1. The van der Waals surface area contributed by atoms with Crippen molar-refractivity contribution in [3.05, 3.63) is 59.7 Å². The van der Waals surface area contributed by atoms with Crippen molar-refractivity contribution in [2.45, 2.75) is 4.90 Å². The van der Waals surface area contributed by atoms with Crippen LogP contribution in [0.4, 0.5) is 5.69 Å². The number of sulfonamides is 1. The van der Waals surface area contributed by atoms with Crippen molar-refractivity contribution in [2.75, 3.05) is 17.2 Å². The van der Waals surface area contributed by atoms with Crippen LogP contribution in [0.5, 0.6) is 0 Å². The minimum absolute atomic E-state index is 0.00986. The lowest BCUT2D eigenvalue weighted by Crippen LogP contribution is -2.41. The first-order valence-corrected chi connectivity index (χ1v) is 11.2. The van der Waals surface area contributed by atoms with Crippen LogP contribution < -0.4 is 15.6 Å². The van der Waals surface area contributed by atoms with Crippen molar-refractivity contribution in [2.24, 2.45) is 0 Å². The summed E-state index contributed by atoms with van der Waals surface area (Å²) in [4.78, 5) is 24.4. The van der Waals surface area contributed by atoms with Gasteiger partial charge < -0.3 is 0 Å². The van der Waals surface area contributed by atoms with Crippen LogP contribution in [0.3, 0.4) is 0 Å². The van der Waals surface area contributed by atoms with Crippen molar-refractivity contribution >= 4 is 37.4 Å². The zero-order valence-corrected chi connectivity index (χ0v) is 16.0. The fraction of sp³-hybridized carbons (Fsp3) is 0.125. The van der Waals surface area contributed by atoms with Gasteiger partial charge in [-0.25, -0.2) is 16.8 Å². The van der Waals surface area contributed by atoms with Crippen LogP contribution in [0.1, 0.15) is 20.7 Å². The van der Waals surface area contributed by atoms with E-state index in [2.05, 4.69) is 15.6 Å². The summed E-state index contributed by atoms with van der Waals surface area (Å²) < 4.78 is 47.8. The van der Waals surface area contributed by atoms with Gasteiger partial charge in [0, 0.05) is 11.8 Å². The molecule has 3 N–H and O–H groups in total. The Morgan fingerprint density at radius 1 is 0.778 bits per heavy atom. The molecule has 0 bridgehead atoms. The standard InChI is InChI=1S/C16H17N3O6S2/c1-26(22,23)12-9-7-11(8-10-12)15(20)17-18-16(21)13-5-3-4-6-14(13)19-27(2,24)25/h3-10,19H,1-2H3,(H,17,20)(H,18,21). The van der Waals surface area contributed by atoms with Crippen molar-refractivity contribution in [1.82, 2.24) is 10.9 Å². The van der Waals surface area contributed by atoms with Gasteiger partial charge in [-0.3, -0.25) is 25.2 Å². The van der Waals surface area contributed by atoms with Crippen molar-refractivity contribution in [3.8, 4) is 0 Å². The number of amides is 2. The molecule has 2 rings (SSSR count). The molecular formula is C16H17N3O6S2. The lowest BCUT2D eigenvalue weighted by atomic mass is 10.2. The second-order valence-electron chi connectivity index (χ2n) is 5.62. The summed E-state index contributed by atoms with van der Waals surface area (Å²) in [5, 5.41) is 0. The number of sulfone groups is 1. The van der Waals surface area contributed by atoms with E-state index in [9.17, 15) is 26.4 Å². The zero-order valence-electron chi connectivity index (χ0n) is 14.4. The summed E-state index contributed by atoms with van der Waals surface area (Å²) in [6.45, 7) is 0. The smallest absolute Gasteiger partial charge is 0.271 e. The van der Waals surface area contributed by atoms with E-state index in [1.807, 2.05) is 0 Å². The summed E-state index contributed by atoms with van der Waals surface area (Å²) in [6.07, 6.45) is 1.99. The Hall–Kier alpha value is -2.92. The maximum Gasteiger partial charge on any atom is 0.271 e. The van der Waals surface area contributed by atoms with Crippen LogP contribution >= 0.6 is 0 Å². The average molecular weight is 411 g/mol. The van der Waals surface area contributed by atoms with Crippen molar-refractivity contribution < 1.29 is 26.4 Å². The quantitative estimate of drug-likeness (QED) is 0.614. The highest BCUT2D eigenvalue weighted by Crippen LogP contribution is 2.16. The van der Waals surface area contributed by atoms with E-state index in [1.165, 1.54) is 42.5 Å². The predicted molar refractivity (Wildman–Crippen MR) is 99.4 cm³/mol. The third-order valence-electron chi connectivity index (χ3n) is 3.30. The molecule has 0 heterocycles.